The van der Waals surface area contributed by atoms with Gasteiger partial charge in [-0.3, -0.25) is 4.98 Å². The van der Waals surface area contributed by atoms with Crippen LogP contribution < -0.4 is 10.1 Å². The lowest BCUT2D eigenvalue weighted by Gasteiger charge is -2.19. The molecule has 18 heavy (non-hydrogen) atoms. The molecule has 0 spiro atoms. The Hall–Kier alpha value is -1.87. The minimum absolute atomic E-state index is 0.227. The van der Waals surface area contributed by atoms with Gasteiger partial charge >= 0.3 is 0 Å². The molecule has 1 atom stereocenters. The third kappa shape index (κ3) is 2.87. The Bertz CT molecular complexity index is 485. The predicted molar refractivity (Wildman–Crippen MR) is 72.7 cm³/mol. The summed E-state index contributed by atoms with van der Waals surface area (Å²) >= 11 is 0. The fourth-order valence-electron chi connectivity index (χ4n) is 2.07. The van der Waals surface area contributed by atoms with Gasteiger partial charge in [0.05, 0.1) is 13.3 Å². The SMILES string of the molecule is CNC(Cc1ccccc1)c1ccncc1OC. The zero-order chi connectivity index (χ0) is 12.8. The van der Waals surface area contributed by atoms with Gasteiger partial charge in [-0.05, 0) is 25.1 Å². The van der Waals surface area contributed by atoms with Crippen LogP contribution in [0, 0.1) is 0 Å². The van der Waals surface area contributed by atoms with Crippen LogP contribution in [-0.2, 0) is 6.42 Å². The number of ether oxygens (including phenoxy) is 1. The van der Waals surface area contributed by atoms with E-state index < -0.39 is 0 Å². The molecule has 94 valence electrons. The van der Waals surface area contributed by atoms with Crippen molar-refractivity contribution in [2.45, 2.75) is 12.5 Å². The molecule has 1 heterocycles. The highest BCUT2D eigenvalue weighted by atomic mass is 16.5. The average molecular weight is 242 g/mol. The van der Waals surface area contributed by atoms with Crippen molar-refractivity contribution in [3.05, 3.63) is 59.9 Å². The third-order valence-corrected chi connectivity index (χ3v) is 3.04. The Balaban J connectivity index is 2.23. The summed E-state index contributed by atoms with van der Waals surface area (Å²) < 4.78 is 5.36. The van der Waals surface area contributed by atoms with Gasteiger partial charge in [0.15, 0.2) is 0 Å². The number of rotatable bonds is 5. The Morgan fingerprint density at radius 3 is 2.67 bits per heavy atom. The van der Waals surface area contributed by atoms with Crippen molar-refractivity contribution < 1.29 is 4.74 Å². The van der Waals surface area contributed by atoms with Crippen molar-refractivity contribution in [1.29, 1.82) is 0 Å². The molecular formula is C15H18N2O. The van der Waals surface area contributed by atoms with E-state index in [9.17, 15) is 0 Å². The zero-order valence-corrected chi connectivity index (χ0v) is 10.8. The van der Waals surface area contributed by atoms with Crippen molar-refractivity contribution in [2.75, 3.05) is 14.2 Å². The molecule has 1 aromatic carbocycles. The fourth-order valence-corrected chi connectivity index (χ4v) is 2.07. The Morgan fingerprint density at radius 1 is 1.22 bits per heavy atom. The zero-order valence-electron chi connectivity index (χ0n) is 10.8. The van der Waals surface area contributed by atoms with Gasteiger partial charge in [-0.25, -0.2) is 0 Å². The van der Waals surface area contributed by atoms with Gasteiger partial charge in [0.1, 0.15) is 5.75 Å². The molecule has 0 aliphatic heterocycles. The Kier molecular flexibility index (Phi) is 4.31. The van der Waals surface area contributed by atoms with E-state index in [1.807, 2.05) is 19.2 Å². The summed E-state index contributed by atoms with van der Waals surface area (Å²) in [5.41, 5.74) is 2.44. The molecule has 0 saturated carbocycles. The van der Waals surface area contributed by atoms with E-state index in [2.05, 4.69) is 34.6 Å². The number of likely N-dealkylation sites (N-methyl/N-ethyl adjacent to an activating group) is 1. The van der Waals surface area contributed by atoms with Crippen LogP contribution in [0.15, 0.2) is 48.8 Å². The van der Waals surface area contributed by atoms with Crippen molar-refractivity contribution in [3.63, 3.8) is 0 Å². The average Bonchev–Trinajstić information content (AvgIpc) is 2.46. The lowest BCUT2D eigenvalue weighted by atomic mass is 9.99. The van der Waals surface area contributed by atoms with E-state index in [4.69, 9.17) is 4.74 Å². The summed E-state index contributed by atoms with van der Waals surface area (Å²) in [5.74, 6) is 0.827. The third-order valence-electron chi connectivity index (χ3n) is 3.04. The summed E-state index contributed by atoms with van der Waals surface area (Å²) in [6.07, 6.45) is 4.48. The van der Waals surface area contributed by atoms with Crippen LogP contribution in [0.2, 0.25) is 0 Å². The monoisotopic (exact) mass is 242 g/mol. The maximum Gasteiger partial charge on any atom is 0.141 e. The van der Waals surface area contributed by atoms with E-state index >= 15 is 0 Å². The molecule has 1 N–H and O–H groups in total. The molecule has 0 saturated heterocycles. The van der Waals surface area contributed by atoms with Gasteiger partial charge in [0, 0.05) is 17.8 Å². The van der Waals surface area contributed by atoms with E-state index in [-0.39, 0.29) is 6.04 Å². The first-order valence-electron chi connectivity index (χ1n) is 6.04. The quantitative estimate of drug-likeness (QED) is 0.875. The molecule has 0 radical (unpaired) electrons. The van der Waals surface area contributed by atoms with Crippen LogP contribution in [0.4, 0.5) is 0 Å². The summed E-state index contributed by atoms with van der Waals surface area (Å²) in [4.78, 5) is 4.09. The van der Waals surface area contributed by atoms with Crippen molar-refractivity contribution in [3.8, 4) is 5.75 Å². The lowest BCUT2D eigenvalue weighted by molar-refractivity contribution is 0.399. The summed E-state index contributed by atoms with van der Waals surface area (Å²) in [6.45, 7) is 0. The molecule has 0 aliphatic rings. The molecule has 0 amide bonds. The number of nitrogens with zero attached hydrogens (tertiary/aromatic N) is 1. The van der Waals surface area contributed by atoms with Crippen molar-refractivity contribution >= 4 is 0 Å². The maximum atomic E-state index is 5.36. The number of hydrogen-bond acceptors (Lipinski definition) is 3. The Labute approximate surface area is 108 Å². The summed E-state index contributed by atoms with van der Waals surface area (Å²) in [7, 11) is 3.64. The normalized spacial score (nSPS) is 12.1. The first-order chi connectivity index (χ1) is 8.85. The molecule has 0 aliphatic carbocycles. The highest BCUT2D eigenvalue weighted by molar-refractivity contribution is 5.34. The second-order valence-corrected chi connectivity index (χ2v) is 4.15. The number of benzene rings is 1. The lowest BCUT2D eigenvalue weighted by Crippen LogP contribution is -2.19. The van der Waals surface area contributed by atoms with Crippen molar-refractivity contribution in [1.82, 2.24) is 10.3 Å². The highest BCUT2D eigenvalue weighted by Gasteiger charge is 2.14. The molecule has 2 rings (SSSR count). The number of nitrogens with one attached hydrogen (secondary N) is 1. The molecule has 0 bridgehead atoms. The first-order valence-corrected chi connectivity index (χ1v) is 6.04. The predicted octanol–water partition coefficient (Wildman–Crippen LogP) is 2.59. The van der Waals surface area contributed by atoms with Crippen LogP contribution in [-0.4, -0.2) is 19.1 Å². The van der Waals surface area contributed by atoms with Crippen LogP contribution in [0.3, 0.4) is 0 Å². The summed E-state index contributed by atoms with van der Waals surface area (Å²) in [5, 5.41) is 3.33. The van der Waals surface area contributed by atoms with E-state index in [1.165, 1.54) is 5.56 Å². The fraction of sp³-hybridized carbons (Fsp3) is 0.267. The van der Waals surface area contributed by atoms with Crippen LogP contribution in [0.5, 0.6) is 5.75 Å². The smallest absolute Gasteiger partial charge is 0.141 e. The Morgan fingerprint density at radius 2 is 2.00 bits per heavy atom. The van der Waals surface area contributed by atoms with Gasteiger partial charge in [-0.2, -0.15) is 0 Å². The molecule has 3 nitrogen and oxygen atoms in total. The van der Waals surface area contributed by atoms with E-state index in [0.29, 0.717) is 0 Å². The standard InChI is InChI=1S/C15H18N2O/c1-16-14(10-12-6-4-3-5-7-12)13-8-9-17-11-15(13)18-2/h3-9,11,14,16H,10H2,1-2H3. The number of hydrogen-bond donors (Lipinski definition) is 1. The minimum atomic E-state index is 0.227. The second kappa shape index (κ2) is 6.17. The molecule has 2 aromatic rings. The first kappa shape index (κ1) is 12.6. The van der Waals surface area contributed by atoms with Gasteiger partial charge < -0.3 is 10.1 Å². The number of methoxy groups -OCH3 is 1. The molecule has 0 fully saturated rings. The maximum absolute atomic E-state index is 5.36. The van der Waals surface area contributed by atoms with Gasteiger partial charge in [-0.1, -0.05) is 30.3 Å². The summed E-state index contributed by atoms with van der Waals surface area (Å²) in [6, 6.07) is 12.7. The van der Waals surface area contributed by atoms with Gasteiger partial charge in [-0.15, -0.1) is 0 Å². The highest BCUT2D eigenvalue weighted by Crippen LogP contribution is 2.26. The van der Waals surface area contributed by atoms with Crippen LogP contribution >= 0.6 is 0 Å². The van der Waals surface area contributed by atoms with Gasteiger partial charge in [0.2, 0.25) is 0 Å². The molecule has 1 aromatic heterocycles. The van der Waals surface area contributed by atoms with Crippen molar-refractivity contribution in [2.24, 2.45) is 0 Å². The van der Waals surface area contributed by atoms with Gasteiger partial charge in [0.25, 0.3) is 0 Å². The molecular weight excluding hydrogens is 224 g/mol. The second-order valence-electron chi connectivity index (χ2n) is 4.15. The molecule has 1 unspecified atom stereocenters. The van der Waals surface area contributed by atoms with Crippen LogP contribution in [0.1, 0.15) is 17.2 Å². The topological polar surface area (TPSA) is 34.2 Å². The van der Waals surface area contributed by atoms with E-state index in [1.54, 1.807) is 19.5 Å². The largest absolute Gasteiger partial charge is 0.495 e. The van der Waals surface area contributed by atoms with E-state index in [0.717, 1.165) is 17.7 Å². The number of aromatic nitrogens is 1. The molecule has 3 heteroatoms. The minimum Gasteiger partial charge on any atom is -0.495 e. The van der Waals surface area contributed by atoms with Crippen LogP contribution in [0.25, 0.3) is 0 Å². The number of pyridine rings is 1.